The van der Waals surface area contributed by atoms with E-state index in [0.29, 0.717) is 31.9 Å². The van der Waals surface area contributed by atoms with Crippen molar-refractivity contribution in [3.63, 3.8) is 0 Å². The number of nitrogens with zero attached hydrogens (tertiary/aromatic N) is 1. The fraction of sp³-hybridized carbons (Fsp3) is 0.611. The molecule has 0 amide bonds. The van der Waals surface area contributed by atoms with Crippen LogP contribution in [0.1, 0.15) is 48.9 Å². The number of benzene rings is 1. The number of carbonyl (C=O) groups excluding carboxylic acids is 1. The lowest BCUT2D eigenvalue weighted by atomic mass is 10.1. The van der Waals surface area contributed by atoms with E-state index in [0.717, 1.165) is 25.7 Å². The lowest BCUT2D eigenvalue weighted by Gasteiger charge is -2.26. The van der Waals surface area contributed by atoms with E-state index in [2.05, 4.69) is 0 Å². The minimum absolute atomic E-state index is 0.0606. The van der Waals surface area contributed by atoms with Crippen molar-refractivity contribution in [1.82, 2.24) is 4.31 Å². The Bertz CT molecular complexity index is 689. The summed E-state index contributed by atoms with van der Waals surface area (Å²) in [5.74, 6) is -0.439. The smallest absolute Gasteiger partial charge is 0.338 e. The SMILES string of the molecule is O=C(OC1CCCCCC1)c1cccc(S(=O)(=O)N2CCOCC2)c1. The van der Waals surface area contributed by atoms with Crippen LogP contribution >= 0.6 is 0 Å². The van der Waals surface area contributed by atoms with E-state index >= 15 is 0 Å². The monoisotopic (exact) mass is 367 g/mol. The van der Waals surface area contributed by atoms with Gasteiger partial charge in [0.1, 0.15) is 6.10 Å². The first-order valence-corrected chi connectivity index (χ1v) is 10.4. The van der Waals surface area contributed by atoms with Gasteiger partial charge in [-0.3, -0.25) is 0 Å². The van der Waals surface area contributed by atoms with Crippen LogP contribution in [0.25, 0.3) is 0 Å². The molecule has 0 aromatic heterocycles. The third kappa shape index (κ3) is 4.59. The van der Waals surface area contributed by atoms with Crippen LogP contribution in [-0.4, -0.2) is 51.1 Å². The van der Waals surface area contributed by atoms with Gasteiger partial charge in [-0.1, -0.05) is 18.9 Å². The van der Waals surface area contributed by atoms with Crippen LogP contribution in [-0.2, 0) is 19.5 Å². The normalized spacial score (nSPS) is 20.8. The zero-order valence-corrected chi connectivity index (χ0v) is 15.2. The van der Waals surface area contributed by atoms with Gasteiger partial charge in [-0.2, -0.15) is 4.31 Å². The Morgan fingerprint density at radius 3 is 2.44 bits per heavy atom. The summed E-state index contributed by atoms with van der Waals surface area (Å²) < 4.78 is 37.6. The average molecular weight is 367 g/mol. The Labute approximate surface area is 149 Å². The highest BCUT2D eigenvalue weighted by atomic mass is 32.2. The lowest BCUT2D eigenvalue weighted by Crippen LogP contribution is -2.40. The van der Waals surface area contributed by atoms with Gasteiger partial charge in [0.2, 0.25) is 10.0 Å². The minimum Gasteiger partial charge on any atom is -0.459 e. The van der Waals surface area contributed by atoms with Crippen LogP contribution < -0.4 is 0 Å². The molecule has 0 bridgehead atoms. The number of hydrogen-bond donors (Lipinski definition) is 0. The van der Waals surface area contributed by atoms with Gasteiger partial charge in [-0.15, -0.1) is 0 Å². The highest BCUT2D eigenvalue weighted by molar-refractivity contribution is 7.89. The van der Waals surface area contributed by atoms with Crippen molar-refractivity contribution < 1.29 is 22.7 Å². The summed E-state index contributed by atoms with van der Waals surface area (Å²) in [7, 11) is -3.61. The highest BCUT2D eigenvalue weighted by Crippen LogP contribution is 2.22. The van der Waals surface area contributed by atoms with Crippen LogP contribution in [0.15, 0.2) is 29.2 Å². The molecule has 25 heavy (non-hydrogen) atoms. The van der Waals surface area contributed by atoms with Gasteiger partial charge in [0.25, 0.3) is 0 Å². The second-order valence-corrected chi connectivity index (χ2v) is 8.50. The fourth-order valence-electron chi connectivity index (χ4n) is 3.30. The van der Waals surface area contributed by atoms with Crippen LogP contribution in [0.4, 0.5) is 0 Å². The molecule has 2 fully saturated rings. The van der Waals surface area contributed by atoms with Gasteiger partial charge >= 0.3 is 5.97 Å². The fourth-order valence-corrected chi connectivity index (χ4v) is 4.75. The Balaban J connectivity index is 1.72. The molecule has 1 saturated heterocycles. The summed E-state index contributed by atoms with van der Waals surface area (Å²) in [4.78, 5) is 12.6. The predicted octanol–water partition coefficient (Wildman–Crippen LogP) is 2.59. The largest absolute Gasteiger partial charge is 0.459 e. The third-order valence-corrected chi connectivity index (χ3v) is 6.65. The van der Waals surface area contributed by atoms with Gasteiger partial charge in [0, 0.05) is 13.1 Å². The minimum atomic E-state index is -3.61. The molecule has 0 N–H and O–H groups in total. The molecule has 1 aromatic rings. The summed E-state index contributed by atoms with van der Waals surface area (Å²) in [5, 5.41) is 0. The molecule has 3 rings (SSSR count). The molecule has 2 aliphatic rings. The van der Waals surface area contributed by atoms with Gasteiger partial charge in [0.05, 0.1) is 23.7 Å². The second-order valence-electron chi connectivity index (χ2n) is 6.56. The van der Waals surface area contributed by atoms with Gasteiger partial charge in [-0.05, 0) is 43.9 Å². The maximum absolute atomic E-state index is 12.7. The summed E-state index contributed by atoms with van der Waals surface area (Å²) >= 11 is 0. The third-order valence-electron chi connectivity index (χ3n) is 4.75. The van der Waals surface area contributed by atoms with Crippen LogP contribution in [0, 0.1) is 0 Å². The molecule has 7 heteroatoms. The van der Waals surface area contributed by atoms with Crippen molar-refractivity contribution in [3.8, 4) is 0 Å². The molecule has 1 aliphatic carbocycles. The van der Waals surface area contributed by atoms with E-state index in [1.165, 1.54) is 29.3 Å². The summed E-state index contributed by atoms with van der Waals surface area (Å²) in [6, 6.07) is 6.14. The molecule has 0 atom stereocenters. The van der Waals surface area contributed by atoms with Crippen molar-refractivity contribution in [2.45, 2.75) is 49.5 Å². The number of rotatable bonds is 4. The van der Waals surface area contributed by atoms with E-state index in [-0.39, 0.29) is 11.0 Å². The number of carbonyl (C=O) groups is 1. The van der Waals surface area contributed by atoms with E-state index in [1.54, 1.807) is 12.1 Å². The molecular weight excluding hydrogens is 342 g/mol. The quantitative estimate of drug-likeness (QED) is 0.604. The second kappa shape index (κ2) is 8.29. The zero-order chi connectivity index (χ0) is 17.7. The first-order chi connectivity index (χ1) is 12.1. The Kier molecular flexibility index (Phi) is 6.09. The molecule has 1 aliphatic heterocycles. The molecule has 6 nitrogen and oxygen atoms in total. The van der Waals surface area contributed by atoms with Crippen LogP contribution in [0.5, 0.6) is 0 Å². The molecule has 138 valence electrons. The zero-order valence-electron chi connectivity index (χ0n) is 14.4. The molecular formula is C18H25NO5S. The van der Waals surface area contributed by atoms with Crippen molar-refractivity contribution >= 4 is 16.0 Å². The molecule has 1 saturated carbocycles. The number of sulfonamides is 1. The maximum atomic E-state index is 12.7. The summed E-state index contributed by atoms with van der Waals surface area (Å²) in [6.07, 6.45) is 6.22. The summed E-state index contributed by atoms with van der Waals surface area (Å²) in [6.45, 7) is 1.45. The van der Waals surface area contributed by atoms with E-state index in [1.807, 2.05) is 0 Å². The first-order valence-electron chi connectivity index (χ1n) is 8.96. The van der Waals surface area contributed by atoms with Crippen molar-refractivity contribution in [3.05, 3.63) is 29.8 Å². The topological polar surface area (TPSA) is 72.9 Å². The van der Waals surface area contributed by atoms with Crippen molar-refractivity contribution in [2.75, 3.05) is 26.3 Å². The van der Waals surface area contributed by atoms with Crippen LogP contribution in [0.2, 0.25) is 0 Å². The van der Waals surface area contributed by atoms with E-state index in [9.17, 15) is 13.2 Å². The number of esters is 1. The molecule has 0 unspecified atom stereocenters. The van der Waals surface area contributed by atoms with Gasteiger partial charge < -0.3 is 9.47 Å². The van der Waals surface area contributed by atoms with Gasteiger partial charge in [0.15, 0.2) is 0 Å². The summed E-state index contributed by atoms with van der Waals surface area (Å²) in [5.41, 5.74) is 0.290. The first kappa shape index (κ1) is 18.4. The van der Waals surface area contributed by atoms with Crippen molar-refractivity contribution in [1.29, 1.82) is 0 Å². The van der Waals surface area contributed by atoms with Crippen molar-refractivity contribution in [2.24, 2.45) is 0 Å². The predicted molar refractivity (Wildman–Crippen MR) is 92.9 cm³/mol. The number of hydrogen-bond acceptors (Lipinski definition) is 5. The van der Waals surface area contributed by atoms with E-state index < -0.39 is 16.0 Å². The maximum Gasteiger partial charge on any atom is 0.338 e. The molecule has 0 spiro atoms. The number of morpholine rings is 1. The standard InChI is InChI=1S/C18H25NO5S/c20-18(24-16-7-3-1-2-4-8-16)15-6-5-9-17(14-15)25(21,22)19-10-12-23-13-11-19/h5-6,9,14,16H,1-4,7-8,10-13H2. The Morgan fingerprint density at radius 2 is 1.76 bits per heavy atom. The van der Waals surface area contributed by atoms with Crippen LogP contribution in [0.3, 0.4) is 0 Å². The molecule has 1 heterocycles. The average Bonchev–Trinajstić information content (AvgIpc) is 2.91. The highest BCUT2D eigenvalue weighted by Gasteiger charge is 2.27. The van der Waals surface area contributed by atoms with E-state index in [4.69, 9.17) is 9.47 Å². The number of ether oxygens (including phenoxy) is 2. The Hall–Kier alpha value is -1.44. The molecule has 1 aromatic carbocycles. The van der Waals surface area contributed by atoms with Gasteiger partial charge in [-0.25, -0.2) is 13.2 Å². The molecule has 0 radical (unpaired) electrons. The Morgan fingerprint density at radius 1 is 1.08 bits per heavy atom. The lowest BCUT2D eigenvalue weighted by molar-refractivity contribution is 0.0267.